The van der Waals surface area contributed by atoms with Gasteiger partial charge in [-0.3, -0.25) is 9.97 Å². The van der Waals surface area contributed by atoms with E-state index < -0.39 is 35.6 Å². The molecule has 0 atom stereocenters. The van der Waals surface area contributed by atoms with Crippen molar-refractivity contribution >= 4 is 5.97 Å². The van der Waals surface area contributed by atoms with Gasteiger partial charge < -0.3 is 20.4 Å². The summed E-state index contributed by atoms with van der Waals surface area (Å²) in [6.07, 6.45) is 0. The molecule has 11 heteroatoms. The lowest BCUT2D eigenvalue weighted by Crippen LogP contribution is -2.48. The molecular formula is C9H13N3O8. The molecule has 0 saturated carbocycles. The fraction of sp³-hybridized carbons (Fsp3) is 0.333. The number of aromatic nitrogens is 3. The summed E-state index contributed by atoms with van der Waals surface area (Å²) in [5.41, 5.74) is -3.15. The largest absolute Gasteiger partial charge is 0.478 e. The maximum atomic E-state index is 10.9. The molecule has 0 aliphatic heterocycles. The molecule has 0 saturated heterocycles. The van der Waals surface area contributed by atoms with E-state index in [0.29, 0.717) is 0 Å². The first-order valence-electron chi connectivity index (χ1n) is 4.93. The second-order valence-corrected chi connectivity index (χ2v) is 3.64. The van der Waals surface area contributed by atoms with E-state index in [0.717, 1.165) is 0 Å². The quantitative estimate of drug-likeness (QED) is 0.244. The molecule has 11 nitrogen and oxygen atoms in total. The van der Waals surface area contributed by atoms with E-state index in [4.69, 9.17) is 20.4 Å². The van der Waals surface area contributed by atoms with Crippen molar-refractivity contribution in [3.63, 3.8) is 0 Å². The molecule has 1 aromatic rings. The number of aliphatic carboxylic acids is 1. The van der Waals surface area contributed by atoms with Crippen LogP contribution >= 0.6 is 0 Å². The minimum Gasteiger partial charge on any atom is -0.478 e. The molecule has 0 fully saturated rings. The molecular weight excluding hydrogens is 278 g/mol. The molecule has 1 heterocycles. The van der Waals surface area contributed by atoms with Gasteiger partial charge in [0.2, 0.25) is 0 Å². The predicted molar refractivity (Wildman–Crippen MR) is 63.8 cm³/mol. The number of hydrogen-bond acceptors (Lipinski definition) is 7. The lowest BCUT2D eigenvalue weighted by molar-refractivity contribution is -0.319. The molecule has 1 rings (SSSR count). The lowest BCUT2D eigenvalue weighted by Gasteiger charge is -2.13. The Labute approximate surface area is 110 Å². The van der Waals surface area contributed by atoms with Crippen molar-refractivity contribution in [2.75, 3.05) is 0 Å². The summed E-state index contributed by atoms with van der Waals surface area (Å²) < 4.78 is 0.224. The average molecular weight is 291 g/mol. The van der Waals surface area contributed by atoms with Crippen LogP contribution < -0.4 is 17.1 Å². The highest BCUT2D eigenvalue weighted by molar-refractivity contribution is 5.84. The summed E-state index contributed by atoms with van der Waals surface area (Å²) >= 11 is 0. The van der Waals surface area contributed by atoms with Crippen LogP contribution in [0.5, 0.6) is 0 Å². The summed E-state index contributed by atoms with van der Waals surface area (Å²) in [7, 11) is 0. The number of carbonyl (C=O) groups is 1. The third-order valence-corrected chi connectivity index (χ3v) is 1.67. The van der Waals surface area contributed by atoms with Crippen molar-refractivity contribution in [2.45, 2.75) is 19.4 Å². The Morgan fingerprint density at radius 3 is 1.80 bits per heavy atom. The first-order valence-corrected chi connectivity index (χ1v) is 4.93. The van der Waals surface area contributed by atoms with E-state index >= 15 is 0 Å². The number of nitrogens with zero attached hydrogens (tertiary/aromatic N) is 1. The summed E-state index contributed by atoms with van der Waals surface area (Å²) in [5.74, 6) is -4.13. The van der Waals surface area contributed by atoms with E-state index in [1.807, 2.05) is 0 Å². The summed E-state index contributed by atoms with van der Waals surface area (Å²) in [5, 5.41) is 33.4. The second-order valence-electron chi connectivity index (χ2n) is 3.64. The Balaban J connectivity index is 0.000000511. The van der Waals surface area contributed by atoms with Gasteiger partial charge in [-0.25, -0.2) is 23.7 Å². The van der Waals surface area contributed by atoms with Gasteiger partial charge in [0.05, 0.1) is 0 Å². The zero-order valence-electron chi connectivity index (χ0n) is 10.3. The van der Waals surface area contributed by atoms with Crippen molar-refractivity contribution in [2.24, 2.45) is 0 Å². The summed E-state index contributed by atoms with van der Waals surface area (Å²) in [6.45, 7) is 3.53. The van der Waals surface area contributed by atoms with Crippen LogP contribution in [0.4, 0.5) is 0 Å². The Morgan fingerprint density at radius 2 is 1.55 bits per heavy atom. The molecule has 0 aliphatic rings. The molecule has 20 heavy (non-hydrogen) atoms. The predicted octanol–water partition coefficient (Wildman–Crippen LogP) is -3.50. The van der Waals surface area contributed by atoms with Crippen molar-refractivity contribution in [3.05, 3.63) is 43.6 Å². The highest BCUT2D eigenvalue weighted by atomic mass is 16.7. The van der Waals surface area contributed by atoms with Crippen LogP contribution in [0, 0.1) is 0 Å². The van der Waals surface area contributed by atoms with Crippen molar-refractivity contribution < 1.29 is 25.2 Å². The van der Waals surface area contributed by atoms with Crippen LogP contribution in [0.25, 0.3) is 0 Å². The Hall–Kier alpha value is -2.50. The minimum atomic E-state index is -3.20. The molecule has 0 spiro atoms. The highest BCUT2D eigenvalue weighted by Gasteiger charge is 2.21. The van der Waals surface area contributed by atoms with Gasteiger partial charge in [-0.05, 0) is 6.92 Å². The van der Waals surface area contributed by atoms with E-state index in [1.54, 1.807) is 9.97 Å². The van der Waals surface area contributed by atoms with Crippen LogP contribution in [-0.4, -0.2) is 46.9 Å². The van der Waals surface area contributed by atoms with Crippen LogP contribution in [0.3, 0.4) is 0 Å². The molecule has 0 amide bonds. The number of H-pyrrole nitrogens is 2. The number of hydrogen-bond donors (Lipinski definition) is 6. The number of rotatable bonds is 3. The molecule has 112 valence electrons. The third-order valence-electron chi connectivity index (χ3n) is 1.67. The average Bonchev–Trinajstić information content (AvgIpc) is 2.22. The van der Waals surface area contributed by atoms with Crippen LogP contribution in [-0.2, 0) is 11.3 Å². The molecule has 0 aliphatic carbocycles. The normalized spacial score (nSPS) is 10.4. The minimum absolute atomic E-state index is 0.176. The van der Waals surface area contributed by atoms with E-state index in [1.165, 1.54) is 6.92 Å². The topological polar surface area (TPSA) is 186 Å². The first-order chi connectivity index (χ1) is 8.94. The molecule has 0 radical (unpaired) electrons. The summed E-state index contributed by atoms with van der Waals surface area (Å²) in [6, 6.07) is 0. The van der Waals surface area contributed by atoms with Crippen molar-refractivity contribution in [1.82, 2.24) is 14.5 Å². The van der Waals surface area contributed by atoms with Gasteiger partial charge in [0.15, 0.2) is 0 Å². The van der Waals surface area contributed by atoms with Crippen LogP contribution in [0.15, 0.2) is 26.5 Å². The second kappa shape index (κ2) is 6.60. The molecule has 1 aromatic heterocycles. The molecule has 0 bridgehead atoms. The van der Waals surface area contributed by atoms with Gasteiger partial charge in [0, 0.05) is 5.57 Å². The maximum Gasteiger partial charge on any atom is 0.333 e. The van der Waals surface area contributed by atoms with Gasteiger partial charge in [-0.1, -0.05) is 6.58 Å². The zero-order valence-corrected chi connectivity index (χ0v) is 10.3. The summed E-state index contributed by atoms with van der Waals surface area (Å²) in [4.78, 5) is 45.2. The van der Waals surface area contributed by atoms with E-state index in [2.05, 4.69) is 6.58 Å². The van der Waals surface area contributed by atoms with Gasteiger partial charge in [0.25, 0.3) is 5.97 Å². The number of aliphatic hydroxyl groups is 3. The van der Waals surface area contributed by atoms with Gasteiger partial charge in [-0.2, -0.15) is 0 Å². The number of carboxylic acid groups (broad SMARTS) is 1. The SMILES string of the molecule is C=C(C)C(=O)O.O=c1[nH]c(=O)n(CC(O)(O)O)c(=O)[nH]1. The van der Waals surface area contributed by atoms with Crippen molar-refractivity contribution in [3.8, 4) is 0 Å². The van der Waals surface area contributed by atoms with Gasteiger partial charge >= 0.3 is 23.0 Å². The maximum absolute atomic E-state index is 10.9. The monoisotopic (exact) mass is 291 g/mol. The highest BCUT2D eigenvalue weighted by Crippen LogP contribution is 1.92. The Morgan fingerprint density at radius 1 is 1.20 bits per heavy atom. The molecule has 0 unspecified atom stereocenters. The van der Waals surface area contributed by atoms with Crippen LogP contribution in [0.2, 0.25) is 0 Å². The zero-order chi connectivity index (χ0) is 16.1. The fourth-order valence-electron chi connectivity index (χ4n) is 0.808. The molecule has 0 aromatic carbocycles. The third kappa shape index (κ3) is 6.44. The van der Waals surface area contributed by atoms with Crippen molar-refractivity contribution in [1.29, 1.82) is 0 Å². The lowest BCUT2D eigenvalue weighted by atomic mass is 10.4. The smallest absolute Gasteiger partial charge is 0.333 e. The molecule has 6 N–H and O–H groups in total. The number of carboxylic acids is 1. The number of nitrogens with one attached hydrogen (secondary N) is 2. The van der Waals surface area contributed by atoms with E-state index in [-0.39, 0.29) is 10.1 Å². The van der Waals surface area contributed by atoms with Crippen LogP contribution in [0.1, 0.15) is 6.92 Å². The fourth-order valence-corrected chi connectivity index (χ4v) is 0.808. The van der Waals surface area contributed by atoms with E-state index in [9.17, 15) is 19.2 Å². The Bertz CT molecular complexity index is 613. The van der Waals surface area contributed by atoms with Gasteiger partial charge in [-0.15, -0.1) is 0 Å². The Kier molecular flexibility index (Phi) is 5.78. The van der Waals surface area contributed by atoms with Gasteiger partial charge in [0.1, 0.15) is 6.54 Å². The number of aromatic amines is 2. The standard InChI is InChI=1S/C5H7N3O6.C4H6O2/c9-2-6-3(10)8(4(11)7-2)1-5(12,13)14;1-3(2)4(5)6/h12-14H,1H2,(H2,6,7,9,10,11);1H2,2H3,(H,5,6). The first kappa shape index (κ1) is 17.5.